The Balaban J connectivity index is 1.87. The Morgan fingerprint density at radius 3 is 2.45 bits per heavy atom. The first-order valence-electron chi connectivity index (χ1n) is 6.64. The van der Waals surface area contributed by atoms with Crippen LogP contribution < -0.4 is 0 Å². The van der Waals surface area contributed by atoms with Crippen LogP contribution in [0.4, 0.5) is 0 Å². The summed E-state index contributed by atoms with van der Waals surface area (Å²) in [5, 5.41) is 0.764. The van der Waals surface area contributed by atoms with Gasteiger partial charge in [-0.25, -0.2) is 0 Å². The molecular formula is C17H17ClOS. The highest BCUT2D eigenvalue weighted by molar-refractivity contribution is 7.99. The van der Waals surface area contributed by atoms with Gasteiger partial charge >= 0.3 is 0 Å². The second-order valence-electron chi connectivity index (χ2n) is 4.56. The standard InChI is InChI=1S/C17H17ClOS/c1-2-13-7-9-14(10-8-13)17(19)12-20-11-15-5-3-4-6-16(15)18/h3-10H,2,11-12H2,1H3. The van der Waals surface area contributed by atoms with Crippen molar-refractivity contribution in [2.45, 2.75) is 19.1 Å². The molecular weight excluding hydrogens is 288 g/mol. The molecule has 0 saturated carbocycles. The summed E-state index contributed by atoms with van der Waals surface area (Å²) in [4.78, 5) is 12.1. The fraction of sp³-hybridized carbons (Fsp3) is 0.235. The minimum atomic E-state index is 0.171. The van der Waals surface area contributed by atoms with Crippen LogP contribution in [-0.4, -0.2) is 11.5 Å². The maximum Gasteiger partial charge on any atom is 0.172 e. The predicted octanol–water partition coefficient (Wildman–Crippen LogP) is 5.02. The van der Waals surface area contributed by atoms with E-state index < -0.39 is 0 Å². The smallest absolute Gasteiger partial charge is 0.172 e. The molecule has 0 aliphatic rings. The Hall–Kier alpha value is -1.25. The van der Waals surface area contributed by atoms with Crippen molar-refractivity contribution in [2.24, 2.45) is 0 Å². The van der Waals surface area contributed by atoms with E-state index in [1.165, 1.54) is 5.56 Å². The average molecular weight is 305 g/mol. The van der Waals surface area contributed by atoms with Crippen LogP contribution in [0.15, 0.2) is 48.5 Å². The molecule has 0 heterocycles. The maximum atomic E-state index is 12.1. The van der Waals surface area contributed by atoms with Gasteiger partial charge in [-0.3, -0.25) is 4.79 Å². The molecule has 0 atom stereocenters. The minimum absolute atomic E-state index is 0.171. The van der Waals surface area contributed by atoms with E-state index in [0.717, 1.165) is 28.3 Å². The summed E-state index contributed by atoms with van der Waals surface area (Å²) in [7, 11) is 0. The van der Waals surface area contributed by atoms with E-state index >= 15 is 0 Å². The molecule has 0 aromatic heterocycles. The van der Waals surface area contributed by atoms with E-state index in [2.05, 4.69) is 6.92 Å². The van der Waals surface area contributed by atoms with Gasteiger partial charge in [0.2, 0.25) is 0 Å². The summed E-state index contributed by atoms with van der Waals surface area (Å²) >= 11 is 7.69. The summed E-state index contributed by atoms with van der Waals surface area (Å²) in [6.07, 6.45) is 0.996. The summed E-state index contributed by atoms with van der Waals surface area (Å²) in [5.41, 5.74) is 3.12. The summed E-state index contributed by atoms with van der Waals surface area (Å²) in [5.74, 6) is 1.42. The molecule has 3 heteroatoms. The van der Waals surface area contributed by atoms with Gasteiger partial charge < -0.3 is 0 Å². The molecule has 0 N–H and O–H groups in total. The second kappa shape index (κ2) is 7.51. The normalized spacial score (nSPS) is 10.5. The molecule has 0 unspecified atom stereocenters. The molecule has 20 heavy (non-hydrogen) atoms. The van der Waals surface area contributed by atoms with Gasteiger partial charge in [0.05, 0.1) is 5.75 Å². The molecule has 1 nitrogen and oxygen atoms in total. The number of halogens is 1. The zero-order valence-corrected chi connectivity index (χ0v) is 13.0. The lowest BCUT2D eigenvalue weighted by molar-refractivity contribution is 0.102. The lowest BCUT2D eigenvalue weighted by atomic mass is 10.1. The van der Waals surface area contributed by atoms with Crippen LogP contribution in [0.2, 0.25) is 5.02 Å². The first-order chi connectivity index (χ1) is 9.70. The van der Waals surface area contributed by atoms with E-state index in [9.17, 15) is 4.79 Å². The largest absolute Gasteiger partial charge is 0.293 e. The number of hydrogen-bond donors (Lipinski definition) is 0. The predicted molar refractivity (Wildman–Crippen MR) is 87.8 cm³/mol. The quantitative estimate of drug-likeness (QED) is 0.697. The van der Waals surface area contributed by atoms with E-state index in [1.807, 2.05) is 48.5 Å². The maximum absolute atomic E-state index is 12.1. The van der Waals surface area contributed by atoms with Gasteiger partial charge in [-0.15, -0.1) is 11.8 Å². The molecule has 2 rings (SSSR count). The molecule has 0 bridgehead atoms. The molecule has 0 fully saturated rings. The third-order valence-electron chi connectivity index (χ3n) is 3.13. The van der Waals surface area contributed by atoms with Gasteiger partial charge in [-0.1, -0.05) is 61.0 Å². The van der Waals surface area contributed by atoms with Crippen LogP contribution >= 0.6 is 23.4 Å². The number of carbonyl (C=O) groups is 1. The van der Waals surface area contributed by atoms with Crippen molar-refractivity contribution in [1.82, 2.24) is 0 Å². The Bertz CT molecular complexity index is 578. The Morgan fingerprint density at radius 1 is 1.10 bits per heavy atom. The van der Waals surface area contributed by atoms with Crippen LogP contribution in [-0.2, 0) is 12.2 Å². The number of benzene rings is 2. The van der Waals surface area contributed by atoms with Crippen molar-refractivity contribution in [3.8, 4) is 0 Å². The van der Waals surface area contributed by atoms with Gasteiger partial charge in [-0.2, -0.15) is 0 Å². The summed E-state index contributed by atoms with van der Waals surface area (Å²) in [6.45, 7) is 2.11. The zero-order valence-electron chi connectivity index (χ0n) is 11.4. The van der Waals surface area contributed by atoms with Crippen LogP contribution in [0, 0.1) is 0 Å². The summed E-state index contributed by atoms with van der Waals surface area (Å²) < 4.78 is 0. The first-order valence-corrected chi connectivity index (χ1v) is 8.17. The number of aryl methyl sites for hydroxylation is 1. The van der Waals surface area contributed by atoms with Crippen molar-refractivity contribution >= 4 is 29.1 Å². The fourth-order valence-corrected chi connectivity index (χ4v) is 3.09. The van der Waals surface area contributed by atoms with Crippen molar-refractivity contribution in [1.29, 1.82) is 0 Å². The molecule has 0 saturated heterocycles. The van der Waals surface area contributed by atoms with Crippen LogP contribution in [0.25, 0.3) is 0 Å². The van der Waals surface area contributed by atoms with Crippen molar-refractivity contribution in [2.75, 3.05) is 5.75 Å². The highest BCUT2D eigenvalue weighted by atomic mass is 35.5. The third kappa shape index (κ3) is 4.12. The molecule has 0 aliphatic heterocycles. The Kier molecular flexibility index (Phi) is 5.69. The highest BCUT2D eigenvalue weighted by Crippen LogP contribution is 2.21. The Morgan fingerprint density at radius 2 is 1.80 bits per heavy atom. The molecule has 0 aliphatic carbocycles. The molecule has 104 valence electrons. The average Bonchev–Trinajstić information content (AvgIpc) is 2.49. The fourth-order valence-electron chi connectivity index (χ4n) is 1.88. The van der Waals surface area contributed by atoms with Crippen LogP contribution in [0.5, 0.6) is 0 Å². The monoisotopic (exact) mass is 304 g/mol. The first kappa shape index (κ1) is 15.1. The number of ketones is 1. The SMILES string of the molecule is CCc1ccc(C(=O)CSCc2ccccc2Cl)cc1. The van der Waals surface area contributed by atoms with Gasteiger partial charge in [0.1, 0.15) is 0 Å². The lowest BCUT2D eigenvalue weighted by Crippen LogP contribution is -2.02. The third-order valence-corrected chi connectivity index (χ3v) is 4.48. The Labute approximate surface area is 129 Å². The lowest BCUT2D eigenvalue weighted by Gasteiger charge is -2.04. The van der Waals surface area contributed by atoms with E-state index in [4.69, 9.17) is 11.6 Å². The molecule has 0 spiro atoms. The zero-order chi connectivity index (χ0) is 14.4. The van der Waals surface area contributed by atoms with Crippen LogP contribution in [0.3, 0.4) is 0 Å². The van der Waals surface area contributed by atoms with E-state index in [-0.39, 0.29) is 5.78 Å². The molecule has 0 amide bonds. The van der Waals surface area contributed by atoms with Crippen molar-refractivity contribution in [3.05, 3.63) is 70.2 Å². The molecule has 2 aromatic carbocycles. The number of carbonyl (C=O) groups excluding carboxylic acids is 1. The highest BCUT2D eigenvalue weighted by Gasteiger charge is 2.07. The van der Waals surface area contributed by atoms with Crippen molar-refractivity contribution < 1.29 is 4.79 Å². The van der Waals surface area contributed by atoms with E-state index in [1.54, 1.807) is 11.8 Å². The number of rotatable bonds is 6. The number of hydrogen-bond acceptors (Lipinski definition) is 2. The number of thioether (sulfide) groups is 1. The van der Waals surface area contributed by atoms with Gasteiger partial charge in [0.15, 0.2) is 5.78 Å². The second-order valence-corrected chi connectivity index (χ2v) is 5.95. The van der Waals surface area contributed by atoms with Crippen molar-refractivity contribution in [3.63, 3.8) is 0 Å². The van der Waals surface area contributed by atoms with Gasteiger partial charge in [-0.05, 0) is 23.6 Å². The number of Topliss-reactive ketones (excluding diaryl/α,β-unsaturated/α-hetero) is 1. The van der Waals surface area contributed by atoms with Gasteiger partial charge in [0, 0.05) is 16.3 Å². The van der Waals surface area contributed by atoms with E-state index in [0.29, 0.717) is 5.75 Å². The van der Waals surface area contributed by atoms with Crippen LogP contribution in [0.1, 0.15) is 28.4 Å². The topological polar surface area (TPSA) is 17.1 Å². The minimum Gasteiger partial charge on any atom is -0.293 e. The molecule has 2 aromatic rings. The molecule has 0 radical (unpaired) electrons. The van der Waals surface area contributed by atoms with Gasteiger partial charge in [0.25, 0.3) is 0 Å². The summed E-state index contributed by atoms with van der Waals surface area (Å²) in [6, 6.07) is 15.6.